The second-order valence-corrected chi connectivity index (χ2v) is 5.07. The number of hydrogen-bond donors (Lipinski definition) is 1. The van der Waals surface area contributed by atoms with Gasteiger partial charge in [-0.2, -0.15) is 5.10 Å². The predicted molar refractivity (Wildman–Crippen MR) is 82.9 cm³/mol. The summed E-state index contributed by atoms with van der Waals surface area (Å²) in [7, 11) is 0. The third kappa shape index (κ3) is 4.37. The summed E-state index contributed by atoms with van der Waals surface area (Å²) in [6, 6.07) is 7.76. The Hall–Kier alpha value is -2.24. The highest BCUT2D eigenvalue weighted by atomic mass is 16.2. The molecule has 0 aliphatic rings. The topological polar surface area (TPSA) is 72.2 Å². The molecule has 112 valence electrons. The molecule has 2 aromatic rings. The van der Waals surface area contributed by atoms with Gasteiger partial charge in [-0.1, -0.05) is 37.1 Å². The zero-order chi connectivity index (χ0) is 15.1. The van der Waals surface area contributed by atoms with Crippen molar-refractivity contribution in [2.45, 2.75) is 46.1 Å². The Labute approximate surface area is 124 Å². The number of rotatable bonds is 7. The van der Waals surface area contributed by atoms with Gasteiger partial charge in [0.1, 0.15) is 5.52 Å². The Kier molecular flexibility index (Phi) is 5.43. The Morgan fingerprint density at radius 1 is 1.33 bits per heavy atom. The maximum absolute atomic E-state index is 11.6. The Bertz CT molecular complexity index is 632. The summed E-state index contributed by atoms with van der Waals surface area (Å²) < 4.78 is 1.78. The van der Waals surface area contributed by atoms with Gasteiger partial charge in [-0.3, -0.25) is 4.79 Å². The first kappa shape index (κ1) is 15.2. The number of nitrogens with one attached hydrogen (secondary N) is 1. The van der Waals surface area contributed by atoms with Crippen LogP contribution in [0.25, 0.3) is 11.0 Å². The van der Waals surface area contributed by atoms with E-state index in [9.17, 15) is 4.79 Å². The zero-order valence-electron chi connectivity index (χ0n) is 12.5. The Morgan fingerprint density at radius 2 is 2.14 bits per heavy atom. The second kappa shape index (κ2) is 7.52. The largest absolute Gasteiger partial charge is 0.273 e. The molecule has 6 nitrogen and oxygen atoms in total. The molecule has 0 radical (unpaired) electrons. The molecule has 0 bridgehead atoms. The number of benzene rings is 1. The van der Waals surface area contributed by atoms with Crippen LogP contribution in [0, 0.1) is 0 Å². The number of para-hydroxylation sites is 1. The van der Waals surface area contributed by atoms with Crippen molar-refractivity contribution in [2.24, 2.45) is 5.10 Å². The lowest BCUT2D eigenvalue weighted by atomic mass is 10.2. The molecule has 0 unspecified atom stereocenters. The van der Waals surface area contributed by atoms with Gasteiger partial charge < -0.3 is 0 Å². The quantitative estimate of drug-likeness (QED) is 0.483. The van der Waals surface area contributed by atoms with E-state index < -0.39 is 0 Å². The van der Waals surface area contributed by atoms with Crippen molar-refractivity contribution in [1.29, 1.82) is 0 Å². The van der Waals surface area contributed by atoms with Crippen molar-refractivity contribution >= 4 is 22.7 Å². The number of hydrogen-bond acceptors (Lipinski definition) is 4. The van der Waals surface area contributed by atoms with Gasteiger partial charge in [0, 0.05) is 6.42 Å². The van der Waals surface area contributed by atoms with Crippen molar-refractivity contribution in [3.8, 4) is 0 Å². The SMILES string of the molecule is CCCCCC(=O)N/N=C(\C)Cn1nnc2ccccc21. The van der Waals surface area contributed by atoms with Gasteiger partial charge >= 0.3 is 0 Å². The summed E-state index contributed by atoms with van der Waals surface area (Å²) in [5, 5.41) is 12.3. The first-order valence-electron chi connectivity index (χ1n) is 7.31. The van der Waals surface area contributed by atoms with Gasteiger partial charge in [-0.25, -0.2) is 10.1 Å². The van der Waals surface area contributed by atoms with E-state index in [4.69, 9.17) is 0 Å². The molecule has 21 heavy (non-hydrogen) atoms. The molecular weight excluding hydrogens is 266 g/mol. The van der Waals surface area contributed by atoms with Crippen molar-refractivity contribution < 1.29 is 4.79 Å². The maximum atomic E-state index is 11.6. The van der Waals surface area contributed by atoms with E-state index in [-0.39, 0.29) is 5.91 Å². The van der Waals surface area contributed by atoms with Gasteiger partial charge in [0.2, 0.25) is 5.91 Å². The maximum Gasteiger partial charge on any atom is 0.240 e. The molecule has 0 atom stereocenters. The molecule has 6 heteroatoms. The smallest absolute Gasteiger partial charge is 0.240 e. The van der Waals surface area contributed by atoms with Gasteiger partial charge in [-0.05, 0) is 25.5 Å². The van der Waals surface area contributed by atoms with E-state index in [2.05, 4.69) is 27.8 Å². The first-order chi connectivity index (χ1) is 10.2. The lowest BCUT2D eigenvalue weighted by molar-refractivity contribution is -0.121. The van der Waals surface area contributed by atoms with Crippen LogP contribution in [0.4, 0.5) is 0 Å². The lowest BCUT2D eigenvalue weighted by Crippen LogP contribution is -2.20. The number of carbonyl (C=O) groups excluding carboxylic acids is 1. The third-order valence-electron chi connectivity index (χ3n) is 3.18. The number of aromatic nitrogens is 3. The van der Waals surface area contributed by atoms with Crippen LogP contribution >= 0.6 is 0 Å². The Morgan fingerprint density at radius 3 is 2.95 bits per heavy atom. The molecule has 1 aromatic heterocycles. The zero-order valence-corrected chi connectivity index (χ0v) is 12.5. The summed E-state index contributed by atoms with van der Waals surface area (Å²) in [5.74, 6) is -0.0359. The van der Waals surface area contributed by atoms with E-state index in [1.54, 1.807) is 4.68 Å². The van der Waals surface area contributed by atoms with Crippen LogP contribution < -0.4 is 5.43 Å². The van der Waals surface area contributed by atoms with E-state index in [0.29, 0.717) is 13.0 Å². The standard InChI is InChI=1S/C15H21N5O/c1-3-4-5-10-15(21)18-16-12(2)11-20-14-9-7-6-8-13(14)17-19-20/h6-9H,3-5,10-11H2,1-2H3,(H,18,21)/b16-12+. The monoisotopic (exact) mass is 287 g/mol. The van der Waals surface area contributed by atoms with E-state index in [1.165, 1.54) is 0 Å². The normalized spacial score (nSPS) is 11.8. The minimum Gasteiger partial charge on any atom is -0.273 e. The second-order valence-electron chi connectivity index (χ2n) is 5.07. The molecule has 0 saturated carbocycles. The lowest BCUT2D eigenvalue weighted by Gasteiger charge is -2.03. The third-order valence-corrected chi connectivity index (χ3v) is 3.18. The number of carbonyl (C=O) groups is 1. The van der Waals surface area contributed by atoms with Crippen LogP contribution in [0.1, 0.15) is 39.5 Å². The van der Waals surface area contributed by atoms with Crippen molar-refractivity contribution in [1.82, 2.24) is 20.4 Å². The number of unbranched alkanes of at least 4 members (excludes halogenated alkanes) is 2. The molecule has 1 aromatic carbocycles. The first-order valence-corrected chi connectivity index (χ1v) is 7.31. The van der Waals surface area contributed by atoms with Crippen molar-refractivity contribution in [3.05, 3.63) is 24.3 Å². The van der Waals surface area contributed by atoms with E-state index in [0.717, 1.165) is 36.0 Å². The number of hydrazone groups is 1. The van der Waals surface area contributed by atoms with Crippen molar-refractivity contribution in [2.75, 3.05) is 0 Å². The minimum absolute atomic E-state index is 0.0359. The van der Waals surface area contributed by atoms with E-state index in [1.807, 2.05) is 31.2 Å². The average molecular weight is 287 g/mol. The molecule has 0 aliphatic heterocycles. The molecule has 2 rings (SSSR count). The fourth-order valence-corrected chi connectivity index (χ4v) is 2.04. The van der Waals surface area contributed by atoms with Gasteiger partial charge in [0.05, 0.1) is 17.8 Å². The number of amides is 1. The summed E-state index contributed by atoms with van der Waals surface area (Å²) in [4.78, 5) is 11.6. The molecule has 0 spiro atoms. The van der Waals surface area contributed by atoms with Crippen LogP contribution in [0.5, 0.6) is 0 Å². The molecular formula is C15H21N5O. The minimum atomic E-state index is -0.0359. The number of fused-ring (bicyclic) bond motifs is 1. The molecule has 0 aliphatic carbocycles. The fourth-order valence-electron chi connectivity index (χ4n) is 2.04. The molecule has 0 saturated heterocycles. The molecule has 0 fully saturated rings. The molecule has 1 heterocycles. The summed E-state index contributed by atoms with van der Waals surface area (Å²) in [6.45, 7) is 4.49. The predicted octanol–water partition coefficient (Wildman–Crippen LogP) is 2.50. The summed E-state index contributed by atoms with van der Waals surface area (Å²) in [6.07, 6.45) is 3.61. The highest BCUT2D eigenvalue weighted by molar-refractivity contribution is 5.85. The Balaban J connectivity index is 1.90. The van der Waals surface area contributed by atoms with Crippen LogP contribution in [-0.4, -0.2) is 26.6 Å². The van der Waals surface area contributed by atoms with Crippen LogP contribution in [-0.2, 0) is 11.3 Å². The summed E-state index contributed by atoms with van der Waals surface area (Å²) >= 11 is 0. The molecule has 1 N–H and O–H groups in total. The van der Waals surface area contributed by atoms with Crippen molar-refractivity contribution in [3.63, 3.8) is 0 Å². The van der Waals surface area contributed by atoms with E-state index >= 15 is 0 Å². The van der Waals surface area contributed by atoms with Gasteiger partial charge in [-0.15, -0.1) is 5.10 Å². The highest BCUT2D eigenvalue weighted by Crippen LogP contribution is 2.09. The number of nitrogens with zero attached hydrogens (tertiary/aromatic N) is 4. The van der Waals surface area contributed by atoms with Gasteiger partial charge in [0.15, 0.2) is 0 Å². The highest BCUT2D eigenvalue weighted by Gasteiger charge is 2.05. The van der Waals surface area contributed by atoms with Crippen LogP contribution in [0.15, 0.2) is 29.4 Å². The molecule has 1 amide bonds. The average Bonchev–Trinajstić information content (AvgIpc) is 2.89. The summed E-state index contributed by atoms with van der Waals surface area (Å²) in [5.41, 5.74) is 5.19. The van der Waals surface area contributed by atoms with Crippen LogP contribution in [0.3, 0.4) is 0 Å². The van der Waals surface area contributed by atoms with Gasteiger partial charge in [0.25, 0.3) is 0 Å². The fraction of sp³-hybridized carbons (Fsp3) is 0.467. The van der Waals surface area contributed by atoms with Crippen LogP contribution in [0.2, 0.25) is 0 Å².